The van der Waals surface area contributed by atoms with Crippen LogP contribution in [0.5, 0.6) is 0 Å². The van der Waals surface area contributed by atoms with Gasteiger partial charge in [-0.1, -0.05) is 249 Å². The van der Waals surface area contributed by atoms with Crippen LogP contribution in [0.3, 0.4) is 0 Å². The van der Waals surface area contributed by atoms with Crippen LogP contribution in [0.1, 0.15) is 33.6 Å². The van der Waals surface area contributed by atoms with Crippen LogP contribution in [-0.2, 0) is 5.41 Å². The molecule has 0 unspecified atom stereocenters. The van der Waals surface area contributed by atoms with Gasteiger partial charge in [0, 0.05) is 33.6 Å². The van der Waals surface area contributed by atoms with Crippen molar-refractivity contribution in [2.24, 2.45) is 0 Å². The molecule has 1 aliphatic rings. The minimum atomic E-state index is -0.522. The minimum absolute atomic E-state index is 0.522. The number of pyridine rings is 1. The predicted molar refractivity (Wildman–Crippen MR) is 308 cm³/mol. The summed E-state index contributed by atoms with van der Waals surface area (Å²) in [5, 5.41) is 0. The number of nitrogens with zero attached hydrogens (tertiary/aromatic N) is 4. The summed E-state index contributed by atoms with van der Waals surface area (Å²) in [6.07, 6.45) is 0. The van der Waals surface area contributed by atoms with Crippen molar-refractivity contribution < 1.29 is 0 Å². The van der Waals surface area contributed by atoms with E-state index >= 15 is 0 Å². The van der Waals surface area contributed by atoms with E-state index in [1.54, 1.807) is 0 Å². The third-order valence-electron chi connectivity index (χ3n) is 14.9. The van der Waals surface area contributed by atoms with E-state index in [1.165, 1.54) is 38.9 Å². The van der Waals surface area contributed by atoms with Gasteiger partial charge < -0.3 is 0 Å². The quantitative estimate of drug-likeness (QED) is 0.137. The van der Waals surface area contributed by atoms with Gasteiger partial charge >= 0.3 is 0 Å². The Bertz CT molecular complexity index is 3930. The lowest BCUT2D eigenvalue weighted by molar-refractivity contribution is 0.768. The van der Waals surface area contributed by atoms with Crippen LogP contribution in [0.15, 0.2) is 267 Å². The zero-order chi connectivity index (χ0) is 50.3. The number of hydrogen-bond acceptors (Lipinski definition) is 4. The Morgan fingerprint density at radius 3 is 1.20 bits per heavy atom. The van der Waals surface area contributed by atoms with Crippen molar-refractivity contribution in [2.75, 3.05) is 0 Å². The summed E-state index contributed by atoms with van der Waals surface area (Å²) in [6, 6.07) is 95.7. The molecule has 0 aliphatic heterocycles. The molecule has 2 aromatic heterocycles. The molecule has 0 saturated heterocycles. The minimum Gasteiger partial charge on any atom is -0.258 e. The lowest BCUT2D eigenvalue weighted by Crippen LogP contribution is -2.28. The second-order valence-corrected chi connectivity index (χ2v) is 19.3. The monoisotopic (exact) mass is 958 g/mol. The first-order chi connectivity index (χ1) is 37.0. The van der Waals surface area contributed by atoms with E-state index in [1.807, 2.05) is 6.92 Å². The van der Waals surface area contributed by atoms with Crippen LogP contribution in [-0.4, -0.2) is 19.9 Å². The molecule has 0 fully saturated rings. The number of hydrogen-bond donors (Lipinski definition) is 0. The molecular weight excluding hydrogens is 909 g/mol. The van der Waals surface area contributed by atoms with Crippen molar-refractivity contribution in [1.29, 1.82) is 0 Å². The standard InChI is InChI=1S/C71H50N4/c1-47-35-44-58(48(2)72-47)59-29-15-16-32-62(59)70-74-68(73-69(75-70)54-40-42-57(43-41-54)71(56-27-13-6-14-28-56)65-33-19-17-30-60(65)61-31-18-20-34-66(61)71)53-38-36-52(37-39-53)67-63(50-23-9-4-10-24-50)45-55(49-21-7-3-8-22-49)46-64(67)51-25-11-5-12-26-51/h3-46H,1-2H3. The third kappa shape index (κ3) is 8.05. The molecule has 4 heteroatoms. The molecule has 4 nitrogen and oxygen atoms in total. The molecule has 12 aromatic rings. The molecule has 0 atom stereocenters. The summed E-state index contributed by atoms with van der Waals surface area (Å²) in [4.78, 5) is 20.9. The van der Waals surface area contributed by atoms with Gasteiger partial charge in [-0.2, -0.15) is 0 Å². The molecule has 2 heterocycles. The predicted octanol–water partition coefficient (Wildman–Crippen LogP) is 17.6. The highest BCUT2D eigenvalue weighted by Crippen LogP contribution is 2.56. The Labute approximate surface area is 438 Å². The Morgan fingerprint density at radius 2 is 0.667 bits per heavy atom. The highest BCUT2D eigenvalue weighted by Gasteiger charge is 2.45. The second kappa shape index (κ2) is 19.1. The van der Waals surface area contributed by atoms with Crippen LogP contribution in [0, 0.1) is 13.8 Å². The van der Waals surface area contributed by atoms with Crippen molar-refractivity contribution in [1.82, 2.24) is 19.9 Å². The van der Waals surface area contributed by atoms with Gasteiger partial charge in [0.2, 0.25) is 0 Å². The van der Waals surface area contributed by atoms with Crippen LogP contribution in [0.4, 0.5) is 0 Å². The normalized spacial score (nSPS) is 12.2. The maximum absolute atomic E-state index is 5.35. The van der Waals surface area contributed by atoms with E-state index in [0.29, 0.717) is 17.5 Å². The maximum atomic E-state index is 5.35. The van der Waals surface area contributed by atoms with Gasteiger partial charge in [-0.05, 0) is 115 Å². The van der Waals surface area contributed by atoms with E-state index < -0.39 is 5.41 Å². The zero-order valence-electron chi connectivity index (χ0n) is 41.7. The van der Waals surface area contributed by atoms with Crippen molar-refractivity contribution in [2.45, 2.75) is 19.3 Å². The third-order valence-corrected chi connectivity index (χ3v) is 14.9. The van der Waals surface area contributed by atoms with Gasteiger partial charge in [-0.3, -0.25) is 4.98 Å². The molecule has 0 saturated carbocycles. The van der Waals surface area contributed by atoms with Gasteiger partial charge in [0.05, 0.1) is 5.41 Å². The van der Waals surface area contributed by atoms with Crippen LogP contribution >= 0.6 is 0 Å². The fourth-order valence-electron chi connectivity index (χ4n) is 11.4. The van der Waals surface area contributed by atoms with Crippen LogP contribution < -0.4 is 0 Å². The summed E-state index contributed by atoms with van der Waals surface area (Å²) in [5.74, 6) is 1.77. The SMILES string of the molecule is Cc1ccc(-c2ccccc2-c2nc(-c3ccc(-c4c(-c5ccccc5)cc(-c5ccccc5)cc4-c4ccccc4)cc3)nc(-c3ccc(C4(c5ccccc5)c5ccccc5-c5ccccc54)cc3)n2)c(C)n1. The fraction of sp³-hybridized carbons (Fsp3) is 0.0423. The van der Waals surface area contributed by atoms with Gasteiger partial charge in [-0.25, -0.2) is 15.0 Å². The molecule has 13 rings (SSSR count). The molecule has 10 aromatic carbocycles. The summed E-state index contributed by atoms with van der Waals surface area (Å²) in [5.41, 5.74) is 22.8. The number of benzene rings is 10. The van der Waals surface area contributed by atoms with E-state index in [9.17, 15) is 0 Å². The van der Waals surface area contributed by atoms with Gasteiger partial charge in [0.15, 0.2) is 17.5 Å². The lowest BCUT2D eigenvalue weighted by atomic mass is 9.67. The topological polar surface area (TPSA) is 51.6 Å². The van der Waals surface area contributed by atoms with E-state index in [2.05, 4.69) is 274 Å². The molecule has 354 valence electrons. The maximum Gasteiger partial charge on any atom is 0.164 e. The highest BCUT2D eigenvalue weighted by atomic mass is 15.0. The average Bonchev–Trinajstić information content (AvgIpc) is 3.81. The average molecular weight is 959 g/mol. The van der Waals surface area contributed by atoms with E-state index in [-0.39, 0.29) is 0 Å². The van der Waals surface area contributed by atoms with Gasteiger partial charge in [0.25, 0.3) is 0 Å². The number of fused-ring (bicyclic) bond motifs is 3. The first-order valence-electron chi connectivity index (χ1n) is 25.6. The highest BCUT2D eigenvalue weighted by molar-refractivity contribution is 5.98. The Kier molecular flexibility index (Phi) is 11.5. The number of rotatable bonds is 10. The molecule has 75 heavy (non-hydrogen) atoms. The summed E-state index contributed by atoms with van der Waals surface area (Å²) < 4.78 is 0. The number of aromatic nitrogens is 4. The van der Waals surface area contributed by atoms with Gasteiger partial charge in [0.1, 0.15) is 0 Å². The van der Waals surface area contributed by atoms with Crippen molar-refractivity contribution >= 4 is 0 Å². The van der Waals surface area contributed by atoms with Crippen LogP contribution in [0.25, 0.3) is 101 Å². The van der Waals surface area contributed by atoms with E-state index in [4.69, 9.17) is 19.9 Å². The molecule has 0 amide bonds. The Balaban J connectivity index is 0.977. The van der Waals surface area contributed by atoms with Crippen molar-refractivity contribution in [3.8, 4) is 101 Å². The summed E-state index contributed by atoms with van der Waals surface area (Å²) in [7, 11) is 0. The van der Waals surface area contributed by atoms with E-state index in [0.717, 1.165) is 78.1 Å². The molecule has 0 radical (unpaired) electrons. The van der Waals surface area contributed by atoms with Crippen molar-refractivity contribution in [3.05, 3.63) is 301 Å². The largest absolute Gasteiger partial charge is 0.258 e. The first-order valence-corrected chi connectivity index (χ1v) is 25.6. The summed E-state index contributed by atoms with van der Waals surface area (Å²) in [6.45, 7) is 4.10. The van der Waals surface area contributed by atoms with Gasteiger partial charge in [-0.15, -0.1) is 0 Å². The molecular formula is C71H50N4. The first kappa shape index (κ1) is 45.2. The number of aryl methyl sites for hydroxylation is 2. The smallest absolute Gasteiger partial charge is 0.164 e. The van der Waals surface area contributed by atoms with Crippen molar-refractivity contribution in [3.63, 3.8) is 0 Å². The fourth-order valence-corrected chi connectivity index (χ4v) is 11.4. The summed E-state index contributed by atoms with van der Waals surface area (Å²) >= 11 is 0. The molecule has 0 bridgehead atoms. The van der Waals surface area contributed by atoms with Crippen LogP contribution in [0.2, 0.25) is 0 Å². The Morgan fingerprint density at radius 1 is 0.253 bits per heavy atom. The molecule has 0 N–H and O–H groups in total. The Hall–Kier alpha value is -9.64. The lowest BCUT2D eigenvalue weighted by Gasteiger charge is -2.34. The molecule has 1 aliphatic carbocycles. The zero-order valence-corrected chi connectivity index (χ0v) is 41.7. The second-order valence-electron chi connectivity index (χ2n) is 19.3. The molecule has 0 spiro atoms.